The van der Waals surface area contributed by atoms with E-state index in [1.165, 1.54) is 25.7 Å². The minimum absolute atomic E-state index is 0.0397. The van der Waals surface area contributed by atoms with Gasteiger partial charge in [0, 0.05) is 12.6 Å². The van der Waals surface area contributed by atoms with E-state index in [9.17, 15) is 4.79 Å². The van der Waals surface area contributed by atoms with Crippen molar-refractivity contribution in [2.24, 2.45) is 17.8 Å². The molecule has 2 aliphatic carbocycles. The first-order valence-corrected chi connectivity index (χ1v) is 6.71. The minimum Gasteiger partial charge on any atom is -0.338 e. The van der Waals surface area contributed by atoms with Crippen LogP contribution in [0.3, 0.4) is 0 Å². The monoisotopic (exact) mass is 224 g/mol. The van der Waals surface area contributed by atoms with Crippen molar-refractivity contribution in [3.05, 3.63) is 0 Å². The zero-order valence-corrected chi connectivity index (χ0v) is 10.5. The number of amides is 2. The van der Waals surface area contributed by atoms with Crippen LogP contribution in [0.4, 0.5) is 4.79 Å². The van der Waals surface area contributed by atoms with E-state index in [1.807, 2.05) is 0 Å². The van der Waals surface area contributed by atoms with Crippen LogP contribution in [0, 0.1) is 17.8 Å². The van der Waals surface area contributed by atoms with Crippen molar-refractivity contribution < 1.29 is 4.79 Å². The van der Waals surface area contributed by atoms with Crippen LogP contribution in [-0.4, -0.2) is 18.6 Å². The van der Waals surface area contributed by atoms with Crippen molar-refractivity contribution in [3.63, 3.8) is 0 Å². The third-order valence-electron chi connectivity index (χ3n) is 4.27. The number of hydrogen-bond acceptors (Lipinski definition) is 1. The first-order chi connectivity index (χ1) is 7.66. The molecular formula is C13H24N2O. The van der Waals surface area contributed by atoms with Gasteiger partial charge in [-0.25, -0.2) is 4.79 Å². The lowest BCUT2D eigenvalue weighted by Gasteiger charge is -2.34. The molecule has 2 saturated carbocycles. The molecule has 0 spiro atoms. The molecule has 3 nitrogen and oxygen atoms in total. The van der Waals surface area contributed by atoms with Gasteiger partial charge in [0.05, 0.1) is 0 Å². The molecule has 0 saturated heterocycles. The Morgan fingerprint density at radius 3 is 2.62 bits per heavy atom. The highest BCUT2D eigenvalue weighted by atomic mass is 16.2. The second kappa shape index (κ2) is 5.07. The molecule has 0 aromatic heterocycles. The van der Waals surface area contributed by atoms with Crippen LogP contribution >= 0.6 is 0 Å². The summed E-state index contributed by atoms with van der Waals surface area (Å²) in [6, 6.07) is 0.417. The Balaban J connectivity index is 1.71. The Kier molecular flexibility index (Phi) is 3.72. The Bertz CT molecular complexity index is 250. The number of carbonyl (C=O) groups is 1. The maximum absolute atomic E-state index is 11.7. The van der Waals surface area contributed by atoms with Gasteiger partial charge >= 0.3 is 6.03 Å². The molecule has 92 valence electrons. The predicted molar refractivity (Wildman–Crippen MR) is 65.2 cm³/mol. The zero-order chi connectivity index (χ0) is 11.5. The van der Waals surface area contributed by atoms with E-state index in [4.69, 9.17) is 0 Å². The molecule has 0 radical (unpaired) electrons. The molecule has 3 atom stereocenters. The van der Waals surface area contributed by atoms with Crippen molar-refractivity contribution in [1.82, 2.24) is 10.6 Å². The Hall–Kier alpha value is -0.730. The fraction of sp³-hybridized carbons (Fsp3) is 0.923. The average molecular weight is 224 g/mol. The first-order valence-electron chi connectivity index (χ1n) is 6.71. The van der Waals surface area contributed by atoms with Crippen molar-refractivity contribution in [3.8, 4) is 0 Å². The van der Waals surface area contributed by atoms with Crippen LogP contribution in [-0.2, 0) is 0 Å². The van der Waals surface area contributed by atoms with E-state index in [0.717, 1.165) is 24.8 Å². The molecular weight excluding hydrogens is 200 g/mol. The fourth-order valence-corrected chi connectivity index (χ4v) is 2.56. The average Bonchev–Trinajstić information content (AvgIpc) is 3.06. The second-order valence-corrected chi connectivity index (χ2v) is 5.67. The van der Waals surface area contributed by atoms with E-state index >= 15 is 0 Å². The molecule has 2 fully saturated rings. The summed E-state index contributed by atoms with van der Waals surface area (Å²) in [4.78, 5) is 11.7. The lowest BCUT2D eigenvalue weighted by Crippen LogP contribution is -2.48. The van der Waals surface area contributed by atoms with Crippen molar-refractivity contribution in [2.45, 2.75) is 52.0 Å². The highest BCUT2D eigenvalue weighted by molar-refractivity contribution is 5.74. The SMILES string of the molecule is CC1CCCC(NC(=O)NCC2CC2)C1C. The van der Waals surface area contributed by atoms with Gasteiger partial charge < -0.3 is 10.6 Å². The van der Waals surface area contributed by atoms with Crippen LogP contribution in [0.15, 0.2) is 0 Å². The molecule has 0 aliphatic heterocycles. The molecule has 2 rings (SSSR count). The molecule has 0 aromatic rings. The van der Waals surface area contributed by atoms with Crippen LogP contribution in [0.5, 0.6) is 0 Å². The minimum atomic E-state index is 0.0397. The molecule has 2 aliphatic rings. The molecule has 0 bridgehead atoms. The third-order valence-corrected chi connectivity index (χ3v) is 4.27. The van der Waals surface area contributed by atoms with Crippen LogP contribution in [0.1, 0.15) is 46.0 Å². The summed E-state index contributed by atoms with van der Waals surface area (Å²) in [6.07, 6.45) is 6.28. The molecule has 16 heavy (non-hydrogen) atoms. The number of nitrogens with one attached hydrogen (secondary N) is 2. The van der Waals surface area contributed by atoms with E-state index in [-0.39, 0.29) is 6.03 Å². The topological polar surface area (TPSA) is 41.1 Å². The van der Waals surface area contributed by atoms with Gasteiger partial charge in [-0.1, -0.05) is 26.7 Å². The summed E-state index contributed by atoms with van der Waals surface area (Å²) in [6.45, 7) is 5.42. The maximum atomic E-state index is 11.7. The van der Waals surface area contributed by atoms with Crippen LogP contribution < -0.4 is 10.6 Å². The second-order valence-electron chi connectivity index (χ2n) is 5.67. The molecule has 2 N–H and O–H groups in total. The van der Waals surface area contributed by atoms with E-state index in [0.29, 0.717) is 12.0 Å². The molecule has 0 aromatic carbocycles. The van der Waals surface area contributed by atoms with Crippen LogP contribution in [0.2, 0.25) is 0 Å². The summed E-state index contributed by atoms with van der Waals surface area (Å²) >= 11 is 0. The lowest BCUT2D eigenvalue weighted by molar-refractivity contribution is 0.195. The number of urea groups is 1. The van der Waals surface area contributed by atoms with Gasteiger partial charge in [0.25, 0.3) is 0 Å². The van der Waals surface area contributed by atoms with Gasteiger partial charge in [0.15, 0.2) is 0 Å². The molecule has 3 heteroatoms. The normalized spacial score (nSPS) is 34.5. The smallest absolute Gasteiger partial charge is 0.315 e. The van der Waals surface area contributed by atoms with E-state index in [1.54, 1.807) is 0 Å². The van der Waals surface area contributed by atoms with Gasteiger partial charge in [0.1, 0.15) is 0 Å². The largest absolute Gasteiger partial charge is 0.338 e. The van der Waals surface area contributed by atoms with Gasteiger partial charge in [-0.3, -0.25) is 0 Å². The van der Waals surface area contributed by atoms with E-state index in [2.05, 4.69) is 24.5 Å². The van der Waals surface area contributed by atoms with Crippen molar-refractivity contribution in [2.75, 3.05) is 6.54 Å². The van der Waals surface area contributed by atoms with Gasteiger partial charge in [-0.15, -0.1) is 0 Å². The Morgan fingerprint density at radius 2 is 1.94 bits per heavy atom. The van der Waals surface area contributed by atoms with Crippen molar-refractivity contribution >= 4 is 6.03 Å². The Labute approximate surface area is 98.4 Å². The Morgan fingerprint density at radius 1 is 1.19 bits per heavy atom. The molecule has 2 amide bonds. The molecule has 3 unspecified atom stereocenters. The lowest BCUT2D eigenvalue weighted by atomic mass is 9.78. The van der Waals surface area contributed by atoms with Gasteiger partial charge in [0.2, 0.25) is 0 Å². The zero-order valence-electron chi connectivity index (χ0n) is 10.5. The van der Waals surface area contributed by atoms with Gasteiger partial charge in [-0.2, -0.15) is 0 Å². The highest BCUT2D eigenvalue weighted by Crippen LogP contribution is 2.29. The van der Waals surface area contributed by atoms with Crippen LogP contribution in [0.25, 0.3) is 0 Å². The number of rotatable bonds is 3. The summed E-state index contributed by atoms with van der Waals surface area (Å²) in [5.74, 6) is 2.11. The summed E-state index contributed by atoms with van der Waals surface area (Å²) < 4.78 is 0. The molecule has 0 heterocycles. The quantitative estimate of drug-likeness (QED) is 0.760. The first kappa shape index (κ1) is 11.7. The fourth-order valence-electron chi connectivity index (χ4n) is 2.56. The number of hydrogen-bond donors (Lipinski definition) is 2. The summed E-state index contributed by atoms with van der Waals surface area (Å²) in [5.41, 5.74) is 0. The predicted octanol–water partition coefficient (Wildman–Crippen LogP) is 2.52. The number of carbonyl (C=O) groups excluding carboxylic acids is 1. The van der Waals surface area contributed by atoms with Crippen molar-refractivity contribution in [1.29, 1.82) is 0 Å². The summed E-state index contributed by atoms with van der Waals surface area (Å²) in [7, 11) is 0. The maximum Gasteiger partial charge on any atom is 0.315 e. The van der Waals surface area contributed by atoms with Gasteiger partial charge in [-0.05, 0) is 37.0 Å². The summed E-state index contributed by atoms with van der Waals surface area (Å²) in [5, 5.41) is 6.11. The highest BCUT2D eigenvalue weighted by Gasteiger charge is 2.28. The van der Waals surface area contributed by atoms with E-state index < -0.39 is 0 Å². The standard InChI is InChI=1S/C13H24N2O/c1-9-4-3-5-12(10(9)2)15-13(16)14-8-11-6-7-11/h9-12H,3-8H2,1-2H3,(H2,14,15,16). The third kappa shape index (κ3) is 3.13.